The van der Waals surface area contributed by atoms with Crippen molar-refractivity contribution in [3.63, 3.8) is 0 Å². The highest BCUT2D eigenvalue weighted by atomic mass is 32.2. The summed E-state index contributed by atoms with van der Waals surface area (Å²) in [7, 11) is 0. The molecular weight excluding hydrogens is 256 g/mol. The van der Waals surface area contributed by atoms with Crippen molar-refractivity contribution >= 4 is 23.6 Å². The van der Waals surface area contributed by atoms with Gasteiger partial charge in [0.2, 0.25) is 5.91 Å². The van der Waals surface area contributed by atoms with E-state index in [0.717, 1.165) is 0 Å². The van der Waals surface area contributed by atoms with Crippen LogP contribution in [0.5, 0.6) is 0 Å². The number of nitrogens with one attached hydrogen (secondary N) is 1. The minimum Gasteiger partial charge on any atom is -0.480 e. The summed E-state index contributed by atoms with van der Waals surface area (Å²) in [4.78, 5) is 26.6. The molecule has 8 heteroatoms. The van der Waals surface area contributed by atoms with Crippen LogP contribution in [0.1, 0.15) is 19.4 Å². The SMILES string of the molecule is CSCC[C@@H](NC(=O)C(C)n1cncn1)C(=O)O. The predicted molar refractivity (Wildman–Crippen MR) is 67.3 cm³/mol. The average Bonchev–Trinajstić information content (AvgIpc) is 2.86. The minimum absolute atomic E-state index is 0.381. The molecule has 0 aliphatic carbocycles. The van der Waals surface area contributed by atoms with Crippen LogP contribution in [0.4, 0.5) is 0 Å². The number of aromatic nitrogens is 3. The summed E-state index contributed by atoms with van der Waals surface area (Å²) in [6.45, 7) is 1.64. The number of thioether (sulfide) groups is 1. The standard InChI is InChI=1S/C10H16N4O3S/c1-7(14-6-11-5-12-14)9(15)13-8(10(16)17)3-4-18-2/h5-8H,3-4H2,1-2H3,(H,13,15)(H,16,17)/t7?,8-/m1/s1. The first-order valence-electron chi connectivity index (χ1n) is 5.42. The smallest absolute Gasteiger partial charge is 0.326 e. The fourth-order valence-corrected chi connectivity index (χ4v) is 1.79. The Kier molecular flexibility index (Phi) is 5.63. The summed E-state index contributed by atoms with van der Waals surface area (Å²) < 4.78 is 1.38. The molecule has 2 N–H and O–H groups in total. The van der Waals surface area contributed by atoms with Crippen LogP contribution in [0.25, 0.3) is 0 Å². The van der Waals surface area contributed by atoms with Crippen LogP contribution in [0.15, 0.2) is 12.7 Å². The quantitative estimate of drug-likeness (QED) is 0.734. The van der Waals surface area contributed by atoms with Gasteiger partial charge >= 0.3 is 5.97 Å². The number of hydrogen-bond donors (Lipinski definition) is 2. The summed E-state index contributed by atoms with van der Waals surface area (Å²) in [6.07, 6.45) is 5.03. The molecule has 7 nitrogen and oxygen atoms in total. The van der Waals surface area contributed by atoms with Gasteiger partial charge in [0.25, 0.3) is 0 Å². The Morgan fingerprint density at radius 3 is 2.78 bits per heavy atom. The van der Waals surface area contributed by atoms with Crippen LogP contribution in [0.3, 0.4) is 0 Å². The van der Waals surface area contributed by atoms with Crippen LogP contribution < -0.4 is 5.32 Å². The number of carbonyl (C=O) groups is 2. The van der Waals surface area contributed by atoms with E-state index < -0.39 is 18.1 Å². The molecule has 1 unspecified atom stereocenters. The number of carboxylic acids is 1. The first-order valence-corrected chi connectivity index (χ1v) is 6.82. The molecule has 0 spiro atoms. The highest BCUT2D eigenvalue weighted by Gasteiger charge is 2.23. The third-order valence-electron chi connectivity index (χ3n) is 2.44. The van der Waals surface area contributed by atoms with Crippen molar-refractivity contribution in [3.05, 3.63) is 12.7 Å². The van der Waals surface area contributed by atoms with Gasteiger partial charge in [-0.2, -0.15) is 16.9 Å². The summed E-state index contributed by atoms with van der Waals surface area (Å²) in [5.74, 6) is -0.730. The lowest BCUT2D eigenvalue weighted by Gasteiger charge is -2.17. The maximum Gasteiger partial charge on any atom is 0.326 e. The van der Waals surface area contributed by atoms with E-state index in [4.69, 9.17) is 5.11 Å². The van der Waals surface area contributed by atoms with E-state index >= 15 is 0 Å². The second-order valence-corrected chi connectivity index (χ2v) is 4.72. The molecule has 0 aromatic carbocycles. The lowest BCUT2D eigenvalue weighted by atomic mass is 10.2. The Balaban J connectivity index is 2.58. The van der Waals surface area contributed by atoms with Gasteiger partial charge in [-0.1, -0.05) is 0 Å². The lowest BCUT2D eigenvalue weighted by Crippen LogP contribution is -2.44. The van der Waals surface area contributed by atoms with E-state index in [-0.39, 0.29) is 5.91 Å². The van der Waals surface area contributed by atoms with E-state index in [2.05, 4.69) is 15.4 Å². The summed E-state index contributed by atoms with van der Waals surface area (Å²) in [6, 6.07) is -1.44. The molecular formula is C10H16N4O3S. The maximum atomic E-state index is 11.8. The van der Waals surface area contributed by atoms with Gasteiger partial charge < -0.3 is 10.4 Å². The third-order valence-corrected chi connectivity index (χ3v) is 3.08. The Labute approximate surface area is 109 Å². The van der Waals surface area contributed by atoms with Gasteiger partial charge in [-0.3, -0.25) is 4.79 Å². The Morgan fingerprint density at radius 1 is 1.56 bits per heavy atom. The van der Waals surface area contributed by atoms with Gasteiger partial charge in [0.05, 0.1) is 0 Å². The number of hydrogen-bond acceptors (Lipinski definition) is 5. The zero-order valence-electron chi connectivity index (χ0n) is 10.2. The maximum absolute atomic E-state index is 11.8. The normalized spacial score (nSPS) is 13.9. The zero-order chi connectivity index (χ0) is 13.5. The van der Waals surface area contributed by atoms with Gasteiger partial charge in [-0.05, 0) is 25.4 Å². The molecule has 0 saturated carbocycles. The molecule has 1 rings (SSSR count). The zero-order valence-corrected chi connectivity index (χ0v) is 11.1. The van der Waals surface area contributed by atoms with E-state index in [1.54, 1.807) is 6.92 Å². The van der Waals surface area contributed by atoms with Gasteiger partial charge in [0.1, 0.15) is 24.7 Å². The Bertz CT molecular complexity index is 396. The predicted octanol–water partition coefficient (Wildman–Crippen LogP) is 0.162. The first kappa shape index (κ1) is 14.5. The van der Waals surface area contributed by atoms with Gasteiger partial charge in [0.15, 0.2) is 0 Å². The summed E-state index contributed by atoms with van der Waals surface area (Å²) in [5.41, 5.74) is 0. The van der Waals surface area contributed by atoms with Crippen molar-refractivity contribution in [2.24, 2.45) is 0 Å². The van der Waals surface area contributed by atoms with Crippen molar-refractivity contribution in [2.75, 3.05) is 12.0 Å². The fraction of sp³-hybridized carbons (Fsp3) is 0.600. The largest absolute Gasteiger partial charge is 0.480 e. The molecule has 0 fully saturated rings. The summed E-state index contributed by atoms with van der Waals surface area (Å²) in [5, 5.41) is 15.3. The molecule has 1 amide bonds. The number of aliphatic carboxylic acids is 1. The lowest BCUT2D eigenvalue weighted by molar-refractivity contribution is -0.142. The van der Waals surface area contributed by atoms with Crippen LogP contribution in [-0.2, 0) is 9.59 Å². The highest BCUT2D eigenvalue weighted by molar-refractivity contribution is 7.98. The van der Waals surface area contributed by atoms with E-state index in [1.165, 1.54) is 29.1 Å². The van der Waals surface area contributed by atoms with Crippen molar-refractivity contribution in [1.82, 2.24) is 20.1 Å². The Morgan fingerprint density at radius 2 is 2.28 bits per heavy atom. The highest BCUT2D eigenvalue weighted by Crippen LogP contribution is 2.05. The second-order valence-electron chi connectivity index (χ2n) is 3.73. The first-order chi connectivity index (χ1) is 8.56. The van der Waals surface area contributed by atoms with Crippen LogP contribution in [0.2, 0.25) is 0 Å². The molecule has 1 aromatic rings. The molecule has 1 aromatic heterocycles. The second kappa shape index (κ2) is 7.00. The van der Waals surface area contributed by atoms with Gasteiger partial charge in [-0.15, -0.1) is 0 Å². The molecule has 18 heavy (non-hydrogen) atoms. The molecule has 0 bridgehead atoms. The van der Waals surface area contributed by atoms with Crippen LogP contribution in [-0.4, -0.2) is 49.8 Å². The van der Waals surface area contributed by atoms with E-state index in [9.17, 15) is 9.59 Å². The molecule has 0 aliphatic heterocycles. The van der Waals surface area contributed by atoms with Crippen molar-refractivity contribution in [3.8, 4) is 0 Å². The molecule has 2 atom stereocenters. The summed E-state index contributed by atoms with van der Waals surface area (Å²) >= 11 is 1.54. The monoisotopic (exact) mass is 272 g/mol. The minimum atomic E-state index is -1.02. The number of amides is 1. The number of rotatable bonds is 7. The molecule has 0 radical (unpaired) electrons. The molecule has 0 saturated heterocycles. The number of nitrogens with zero attached hydrogens (tertiary/aromatic N) is 3. The van der Waals surface area contributed by atoms with Crippen molar-refractivity contribution in [1.29, 1.82) is 0 Å². The fourth-order valence-electron chi connectivity index (χ4n) is 1.32. The average molecular weight is 272 g/mol. The topological polar surface area (TPSA) is 97.1 Å². The number of carboxylic acid groups (broad SMARTS) is 1. The third kappa shape index (κ3) is 4.02. The molecule has 0 aliphatic rings. The van der Waals surface area contributed by atoms with E-state index in [0.29, 0.717) is 12.2 Å². The Hall–Kier alpha value is -1.57. The van der Waals surface area contributed by atoms with Gasteiger partial charge in [0, 0.05) is 0 Å². The number of carbonyl (C=O) groups excluding carboxylic acids is 1. The van der Waals surface area contributed by atoms with E-state index in [1.807, 2.05) is 6.26 Å². The van der Waals surface area contributed by atoms with Crippen LogP contribution in [0, 0.1) is 0 Å². The van der Waals surface area contributed by atoms with Crippen molar-refractivity contribution in [2.45, 2.75) is 25.4 Å². The molecule has 100 valence electrons. The van der Waals surface area contributed by atoms with Crippen LogP contribution >= 0.6 is 11.8 Å². The van der Waals surface area contributed by atoms with Crippen molar-refractivity contribution < 1.29 is 14.7 Å². The van der Waals surface area contributed by atoms with Gasteiger partial charge in [-0.25, -0.2) is 14.5 Å². The molecule has 1 heterocycles.